The molecule has 0 radical (unpaired) electrons. The standard InChI is InChI=1S/C10H8ClF3N6/c11-7-3-6(4-15-16-7)19-1-2-20-8(5-19)17-18-9(20)10(12,13)14/h3-4H,1-2,5H2. The summed E-state index contributed by atoms with van der Waals surface area (Å²) in [4.78, 5) is 1.82. The number of rotatable bonds is 1. The highest BCUT2D eigenvalue weighted by molar-refractivity contribution is 6.29. The van der Waals surface area contributed by atoms with E-state index in [0.29, 0.717) is 12.2 Å². The summed E-state index contributed by atoms with van der Waals surface area (Å²) in [7, 11) is 0. The Labute approximate surface area is 116 Å². The minimum atomic E-state index is -4.49. The van der Waals surface area contributed by atoms with Gasteiger partial charge in [0.05, 0.1) is 18.4 Å². The van der Waals surface area contributed by atoms with Crippen LogP contribution < -0.4 is 4.90 Å². The van der Waals surface area contributed by atoms with E-state index in [1.54, 1.807) is 6.07 Å². The van der Waals surface area contributed by atoms with E-state index >= 15 is 0 Å². The van der Waals surface area contributed by atoms with Crippen LogP contribution in [0.1, 0.15) is 11.6 Å². The molecule has 20 heavy (non-hydrogen) atoms. The summed E-state index contributed by atoms with van der Waals surface area (Å²) in [5.74, 6) is -0.699. The van der Waals surface area contributed by atoms with Crippen molar-refractivity contribution in [1.82, 2.24) is 25.0 Å². The number of alkyl halides is 3. The van der Waals surface area contributed by atoms with Crippen LogP contribution in [0.4, 0.5) is 18.9 Å². The molecule has 0 aliphatic carbocycles. The van der Waals surface area contributed by atoms with Crippen LogP contribution in [0, 0.1) is 0 Å². The van der Waals surface area contributed by atoms with Crippen LogP contribution in [0.5, 0.6) is 0 Å². The van der Waals surface area contributed by atoms with Gasteiger partial charge in [-0.05, 0) is 0 Å². The van der Waals surface area contributed by atoms with Crippen molar-refractivity contribution in [2.75, 3.05) is 11.4 Å². The van der Waals surface area contributed by atoms with Crippen molar-refractivity contribution >= 4 is 17.3 Å². The van der Waals surface area contributed by atoms with E-state index in [1.807, 2.05) is 4.90 Å². The molecule has 2 aromatic heterocycles. The van der Waals surface area contributed by atoms with Crippen LogP contribution in [0.2, 0.25) is 5.15 Å². The van der Waals surface area contributed by atoms with Crippen molar-refractivity contribution in [2.45, 2.75) is 19.3 Å². The summed E-state index contributed by atoms with van der Waals surface area (Å²) in [6.45, 7) is 0.748. The maximum atomic E-state index is 12.7. The molecule has 6 nitrogen and oxygen atoms in total. The van der Waals surface area contributed by atoms with Gasteiger partial charge in [-0.2, -0.15) is 18.3 Å². The Bertz CT molecular complexity index is 640. The fraction of sp³-hybridized carbons (Fsp3) is 0.400. The second-order valence-corrected chi connectivity index (χ2v) is 4.63. The van der Waals surface area contributed by atoms with Crippen molar-refractivity contribution in [3.8, 4) is 0 Å². The maximum absolute atomic E-state index is 12.7. The molecule has 3 heterocycles. The van der Waals surface area contributed by atoms with Gasteiger partial charge in [0.15, 0.2) is 11.0 Å². The normalized spacial score (nSPS) is 15.3. The van der Waals surface area contributed by atoms with Crippen molar-refractivity contribution < 1.29 is 13.2 Å². The predicted octanol–water partition coefficient (Wildman–Crippen LogP) is 1.76. The topological polar surface area (TPSA) is 59.7 Å². The van der Waals surface area contributed by atoms with E-state index in [1.165, 1.54) is 6.20 Å². The Kier molecular flexibility index (Phi) is 3.00. The van der Waals surface area contributed by atoms with Gasteiger partial charge < -0.3 is 9.47 Å². The van der Waals surface area contributed by atoms with E-state index in [4.69, 9.17) is 11.6 Å². The zero-order valence-corrected chi connectivity index (χ0v) is 10.7. The minimum absolute atomic E-state index is 0.150. The van der Waals surface area contributed by atoms with Gasteiger partial charge in [0.2, 0.25) is 5.82 Å². The van der Waals surface area contributed by atoms with Gasteiger partial charge in [-0.25, -0.2) is 0 Å². The smallest absolute Gasteiger partial charge is 0.361 e. The second-order valence-electron chi connectivity index (χ2n) is 4.25. The van der Waals surface area contributed by atoms with Crippen molar-refractivity contribution in [3.63, 3.8) is 0 Å². The molecule has 0 aromatic carbocycles. The van der Waals surface area contributed by atoms with Crippen LogP contribution >= 0.6 is 11.6 Å². The lowest BCUT2D eigenvalue weighted by molar-refractivity contribution is -0.147. The van der Waals surface area contributed by atoms with Crippen molar-refractivity contribution in [1.29, 1.82) is 0 Å². The third-order valence-corrected chi connectivity index (χ3v) is 3.17. The largest absolute Gasteiger partial charge is 0.451 e. The summed E-state index contributed by atoms with van der Waals surface area (Å²) in [6.07, 6.45) is -2.99. The van der Waals surface area contributed by atoms with Gasteiger partial charge in [0.1, 0.15) is 0 Å². The van der Waals surface area contributed by atoms with Crippen LogP contribution in [0.25, 0.3) is 0 Å². The Balaban J connectivity index is 1.88. The van der Waals surface area contributed by atoms with Gasteiger partial charge in [0.25, 0.3) is 0 Å². The molecule has 1 aliphatic heterocycles. The Morgan fingerprint density at radius 2 is 1.95 bits per heavy atom. The Hall–Kier alpha value is -1.90. The van der Waals surface area contributed by atoms with Crippen LogP contribution in [-0.4, -0.2) is 31.5 Å². The first-order valence-corrected chi connectivity index (χ1v) is 6.05. The summed E-state index contributed by atoms with van der Waals surface area (Å²) in [5, 5.41) is 14.4. The molecule has 0 unspecified atom stereocenters. The average Bonchev–Trinajstić information content (AvgIpc) is 2.81. The van der Waals surface area contributed by atoms with Gasteiger partial charge in [0, 0.05) is 19.2 Å². The molecule has 0 fully saturated rings. The lowest BCUT2D eigenvalue weighted by Crippen LogP contribution is -2.35. The van der Waals surface area contributed by atoms with E-state index in [-0.39, 0.29) is 24.1 Å². The van der Waals surface area contributed by atoms with E-state index in [9.17, 15) is 13.2 Å². The van der Waals surface area contributed by atoms with Crippen molar-refractivity contribution in [3.05, 3.63) is 29.1 Å². The molecule has 1 aliphatic rings. The van der Waals surface area contributed by atoms with Gasteiger partial charge in [-0.1, -0.05) is 11.6 Å². The molecule has 0 spiro atoms. The molecule has 106 valence electrons. The van der Waals surface area contributed by atoms with E-state index in [2.05, 4.69) is 20.4 Å². The number of nitrogens with zero attached hydrogens (tertiary/aromatic N) is 6. The monoisotopic (exact) mass is 304 g/mol. The van der Waals surface area contributed by atoms with Gasteiger partial charge in [-0.15, -0.1) is 15.3 Å². The van der Waals surface area contributed by atoms with E-state index < -0.39 is 12.0 Å². The summed E-state index contributed by atoms with van der Waals surface area (Å²) in [6, 6.07) is 1.60. The average molecular weight is 305 g/mol. The van der Waals surface area contributed by atoms with Gasteiger partial charge in [-0.3, -0.25) is 0 Å². The summed E-state index contributed by atoms with van der Waals surface area (Å²) < 4.78 is 39.2. The highest BCUT2D eigenvalue weighted by Crippen LogP contribution is 2.30. The van der Waals surface area contributed by atoms with Crippen molar-refractivity contribution in [2.24, 2.45) is 0 Å². The Morgan fingerprint density at radius 1 is 1.15 bits per heavy atom. The van der Waals surface area contributed by atoms with E-state index in [0.717, 1.165) is 4.57 Å². The number of hydrogen-bond donors (Lipinski definition) is 0. The number of fused-ring (bicyclic) bond motifs is 1. The quantitative estimate of drug-likeness (QED) is 0.803. The first kappa shape index (κ1) is 13.1. The Morgan fingerprint density at radius 3 is 2.65 bits per heavy atom. The van der Waals surface area contributed by atoms with Gasteiger partial charge >= 0.3 is 6.18 Å². The molecule has 0 atom stereocenters. The number of aromatic nitrogens is 5. The zero-order chi connectivity index (χ0) is 14.3. The third-order valence-electron chi connectivity index (χ3n) is 2.98. The molecule has 0 N–H and O–H groups in total. The highest BCUT2D eigenvalue weighted by Gasteiger charge is 2.39. The molecular formula is C10H8ClF3N6. The molecule has 0 saturated carbocycles. The molecule has 0 bridgehead atoms. The van der Waals surface area contributed by atoms with Crippen LogP contribution in [0.15, 0.2) is 12.3 Å². The summed E-state index contributed by atoms with van der Waals surface area (Å²) >= 11 is 5.75. The molecular weight excluding hydrogens is 297 g/mol. The molecule has 2 aromatic rings. The molecule has 0 amide bonds. The first-order valence-electron chi connectivity index (χ1n) is 5.67. The number of hydrogen-bond acceptors (Lipinski definition) is 5. The van der Waals surface area contributed by atoms with Crippen LogP contribution in [-0.2, 0) is 19.3 Å². The fourth-order valence-electron chi connectivity index (χ4n) is 2.09. The highest BCUT2D eigenvalue weighted by atomic mass is 35.5. The fourth-order valence-corrected chi connectivity index (χ4v) is 2.25. The second kappa shape index (κ2) is 4.58. The number of halogens is 4. The first-order chi connectivity index (χ1) is 9.45. The molecule has 0 saturated heterocycles. The van der Waals surface area contributed by atoms with Crippen LogP contribution in [0.3, 0.4) is 0 Å². The maximum Gasteiger partial charge on any atom is 0.451 e. The minimum Gasteiger partial charge on any atom is -0.361 e. The molecule has 10 heteroatoms. The summed E-state index contributed by atoms with van der Waals surface area (Å²) in [5.41, 5.74) is 0.688. The zero-order valence-electron chi connectivity index (χ0n) is 9.97. The predicted molar refractivity (Wildman–Crippen MR) is 63.1 cm³/mol. The third kappa shape index (κ3) is 2.28. The molecule has 3 rings (SSSR count). The number of anilines is 1. The SMILES string of the molecule is FC(F)(F)c1nnc2n1CCN(c1cnnc(Cl)c1)C2. The lowest BCUT2D eigenvalue weighted by Gasteiger charge is -2.29. The lowest BCUT2D eigenvalue weighted by atomic mass is 10.3.